The predicted molar refractivity (Wildman–Crippen MR) is 80.6 cm³/mol. The second-order valence-corrected chi connectivity index (χ2v) is 6.06. The average molecular weight is 295 g/mol. The number of nitriles is 1. The van der Waals surface area contributed by atoms with Gasteiger partial charge in [0.2, 0.25) is 0 Å². The molecule has 0 aliphatic rings. The van der Waals surface area contributed by atoms with Gasteiger partial charge in [0, 0.05) is 10.5 Å². The van der Waals surface area contributed by atoms with Crippen LogP contribution < -0.4 is 0 Å². The Labute approximate surface area is 125 Å². The van der Waals surface area contributed by atoms with Gasteiger partial charge in [-0.05, 0) is 29.7 Å². The Morgan fingerprint density at radius 2 is 1.90 bits per heavy atom. The first-order chi connectivity index (χ1) is 9.85. The maximum atomic E-state index is 8.90. The molecular weight excluding hydrogens is 286 g/mol. The van der Waals surface area contributed by atoms with Gasteiger partial charge in [-0.1, -0.05) is 48.2 Å². The molecule has 0 spiro atoms. The van der Waals surface area contributed by atoms with E-state index in [2.05, 4.69) is 15.4 Å². The Balaban J connectivity index is 1.83. The van der Waals surface area contributed by atoms with Crippen molar-refractivity contribution in [2.75, 3.05) is 0 Å². The average Bonchev–Trinajstić information content (AvgIpc) is 2.97. The molecule has 2 aromatic carbocycles. The molecule has 3 nitrogen and oxygen atoms in total. The maximum absolute atomic E-state index is 8.90. The molecule has 3 rings (SSSR count). The van der Waals surface area contributed by atoms with E-state index in [0.29, 0.717) is 5.56 Å². The summed E-state index contributed by atoms with van der Waals surface area (Å²) in [6, 6.07) is 19.5. The summed E-state index contributed by atoms with van der Waals surface area (Å²) in [5, 5.41) is 8.90. The van der Waals surface area contributed by atoms with Crippen LogP contribution in [0.25, 0.3) is 11.4 Å². The van der Waals surface area contributed by atoms with Crippen molar-refractivity contribution in [3.05, 3.63) is 60.2 Å². The van der Waals surface area contributed by atoms with Crippen molar-refractivity contribution in [1.82, 2.24) is 9.36 Å². The van der Waals surface area contributed by atoms with Crippen molar-refractivity contribution in [2.24, 2.45) is 0 Å². The van der Waals surface area contributed by atoms with Crippen LogP contribution in [0.4, 0.5) is 0 Å². The lowest BCUT2D eigenvalue weighted by atomic mass is 10.2. The number of hydrogen-bond acceptors (Lipinski definition) is 5. The predicted octanol–water partition coefficient (Wildman–Crippen LogP) is 4.23. The highest BCUT2D eigenvalue weighted by Crippen LogP contribution is 2.31. The molecule has 0 saturated heterocycles. The topological polar surface area (TPSA) is 49.6 Å². The van der Waals surface area contributed by atoms with Gasteiger partial charge in [-0.3, -0.25) is 0 Å². The van der Waals surface area contributed by atoms with Crippen LogP contribution >= 0.6 is 23.3 Å². The Morgan fingerprint density at radius 3 is 2.70 bits per heavy atom. The van der Waals surface area contributed by atoms with Crippen LogP contribution in [0.3, 0.4) is 0 Å². The Bertz CT molecular complexity index is 760. The fourth-order valence-corrected chi connectivity index (χ4v) is 3.34. The Hall–Kier alpha value is -2.16. The van der Waals surface area contributed by atoms with Gasteiger partial charge < -0.3 is 0 Å². The quantitative estimate of drug-likeness (QED) is 0.725. The van der Waals surface area contributed by atoms with E-state index < -0.39 is 0 Å². The lowest BCUT2D eigenvalue weighted by Gasteiger charge is -1.97. The van der Waals surface area contributed by atoms with Gasteiger partial charge in [0.05, 0.1) is 11.6 Å². The maximum Gasteiger partial charge on any atom is 0.175 e. The molecule has 0 fully saturated rings. The van der Waals surface area contributed by atoms with Gasteiger partial charge in [0.15, 0.2) is 10.2 Å². The van der Waals surface area contributed by atoms with Crippen molar-refractivity contribution < 1.29 is 0 Å². The number of nitrogens with zero attached hydrogens (tertiary/aromatic N) is 3. The number of hydrogen-bond donors (Lipinski definition) is 0. The number of rotatable bonds is 3. The Kier molecular flexibility index (Phi) is 3.77. The van der Waals surface area contributed by atoms with E-state index in [1.807, 2.05) is 48.5 Å². The first kappa shape index (κ1) is 12.9. The summed E-state index contributed by atoms with van der Waals surface area (Å²) in [6.07, 6.45) is 0. The number of aromatic nitrogens is 2. The van der Waals surface area contributed by atoms with Gasteiger partial charge in [0.25, 0.3) is 0 Å². The van der Waals surface area contributed by atoms with Crippen LogP contribution in [0.2, 0.25) is 0 Å². The molecule has 0 radical (unpaired) electrons. The van der Waals surface area contributed by atoms with Gasteiger partial charge in [-0.25, -0.2) is 4.98 Å². The largest absolute Gasteiger partial charge is 0.208 e. The van der Waals surface area contributed by atoms with E-state index in [-0.39, 0.29) is 0 Å². The summed E-state index contributed by atoms with van der Waals surface area (Å²) in [4.78, 5) is 5.52. The molecule has 0 aliphatic carbocycles. The Morgan fingerprint density at radius 1 is 1.05 bits per heavy atom. The standard InChI is InChI=1S/C15H9N3S2/c16-10-11-5-4-8-13(9-11)19-15-17-14(18-20-15)12-6-2-1-3-7-12/h1-9H. The van der Waals surface area contributed by atoms with E-state index in [9.17, 15) is 0 Å². The van der Waals surface area contributed by atoms with Crippen molar-refractivity contribution in [2.45, 2.75) is 9.24 Å². The lowest BCUT2D eigenvalue weighted by molar-refractivity contribution is 1.22. The van der Waals surface area contributed by atoms with Crippen LogP contribution in [0.5, 0.6) is 0 Å². The second kappa shape index (κ2) is 5.87. The van der Waals surface area contributed by atoms with E-state index >= 15 is 0 Å². The lowest BCUT2D eigenvalue weighted by Crippen LogP contribution is -1.79. The summed E-state index contributed by atoms with van der Waals surface area (Å²) in [5.41, 5.74) is 1.67. The van der Waals surface area contributed by atoms with Crippen molar-refractivity contribution in [3.63, 3.8) is 0 Å². The molecule has 0 aliphatic heterocycles. The first-order valence-electron chi connectivity index (χ1n) is 5.92. The van der Waals surface area contributed by atoms with Crippen molar-refractivity contribution >= 4 is 23.3 Å². The minimum atomic E-state index is 0.655. The molecule has 5 heteroatoms. The fourth-order valence-electron chi connectivity index (χ4n) is 1.69. The van der Waals surface area contributed by atoms with Gasteiger partial charge >= 0.3 is 0 Å². The molecule has 3 aromatic rings. The molecule has 96 valence electrons. The highest BCUT2D eigenvalue weighted by Gasteiger charge is 2.07. The molecule has 0 N–H and O–H groups in total. The van der Waals surface area contributed by atoms with Crippen LogP contribution in [0.1, 0.15) is 5.56 Å². The zero-order chi connectivity index (χ0) is 13.8. The van der Waals surface area contributed by atoms with Crippen LogP contribution in [0.15, 0.2) is 63.8 Å². The molecule has 0 atom stereocenters. The smallest absolute Gasteiger partial charge is 0.175 e. The summed E-state index contributed by atoms with van der Waals surface area (Å²) >= 11 is 2.90. The first-order valence-corrected chi connectivity index (χ1v) is 7.51. The van der Waals surface area contributed by atoms with E-state index in [4.69, 9.17) is 5.26 Å². The van der Waals surface area contributed by atoms with Crippen molar-refractivity contribution in [1.29, 1.82) is 5.26 Å². The molecule has 20 heavy (non-hydrogen) atoms. The zero-order valence-electron chi connectivity index (χ0n) is 10.4. The monoisotopic (exact) mass is 295 g/mol. The highest BCUT2D eigenvalue weighted by atomic mass is 32.2. The number of benzene rings is 2. The molecule has 0 unspecified atom stereocenters. The highest BCUT2D eigenvalue weighted by molar-refractivity contribution is 8.01. The zero-order valence-corrected chi connectivity index (χ0v) is 12.0. The van der Waals surface area contributed by atoms with Crippen molar-refractivity contribution in [3.8, 4) is 17.5 Å². The molecule has 1 aromatic heterocycles. The molecule has 0 bridgehead atoms. The summed E-state index contributed by atoms with van der Waals surface area (Å²) in [7, 11) is 0. The summed E-state index contributed by atoms with van der Waals surface area (Å²) in [6.45, 7) is 0. The van der Waals surface area contributed by atoms with Crippen LogP contribution in [-0.2, 0) is 0 Å². The third-order valence-electron chi connectivity index (χ3n) is 2.61. The minimum absolute atomic E-state index is 0.655. The normalized spacial score (nSPS) is 10.2. The second-order valence-electron chi connectivity index (χ2n) is 3.99. The van der Waals surface area contributed by atoms with Gasteiger partial charge in [-0.2, -0.15) is 9.64 Å². The summed E-state index contributed by atoms with van der Waals surface area (Å²) < 4.78 is 5.24. The summed E-state index contributed by atoms with van der Waals surface area (Å²) in [5.74, 6) is 0.745. The third kappa shape index (κ3) is 2.87. The third-order valence-corrected chi connectivity index (χ3v) is 4.35. The molecular formula is C15H9N3S2. The molecule has 1 heterocycles. The van der Waals surface area contributed by atoms with Gasteiger partial charge in [-0.15, -0.1) is 0 Å². The van der Waals surface area contributed by atoms with Crippen LogP contribution in [0, 0.1) is 11.3 Å². The minimum Gasteiger partial charge on any atom is -0.208 e. The van der Waals surface area contributed by atoms with E-state index in [0.717, 1.165) is 20.6 Å². The van der Waals surface area contributed by atoms with Crippen LogP contribution in [-0.4, -0.2) is 9.36 Å². The van der Waals surface area contributed by atoms with Gasteiger partial charge in [0.1, 0.15) is 0 Å². The van der Waals surface area contributed by atoms with E-state index in [1.165, 1.54) is 23.3 Å². The van der Waals surface area contributed by atoms with E-state index in [1.54, 1.807) is 6.07 Å². The molecule has 0 saturated carbocycles. The SMILES string of the molecule is N#Cc1cccc(Sc2nc(-c3ccccc3)ns2)c1. The molecule has 0 amide bonds. The fraction of sp³-hybridized carbons (Fsp3) is 0.